The molecular formula is C44H57N3O9S. The molecule has 3 saturated carbocycles. The number of carbonyl (C=O) groups excluding carboxylic acids is 4. The molecule has 308 valence electrons. The topological polar surface area (TPSA) is 158 Å². The van der Waals surface area contributed by atoms with Gasteiger partial charge < -0.3 is 19.1 Å². The van der Waals surface area contributed by atoms with Gasteiger partial charge >= 0.3 is 5.97 Å². The molecule has 6 aliphatic rings. The highest BCUT2D eigenvalue weighted by Gasteiger charge is 2.63. The first-order valence-corrected chi connectivity index (χ1v) is 22.6. The largest absolute Gasteiger partial charge is 0.497 e. The third-order valence-corrected chi connectivity index (χ3v) is 16.1. The first-order valence-electron chi connectivity index (χ1n) is 21.1. The van der Waals surface area contributed by atoms with Gasteiger partial charge in [-0.2, -0.15) is 0 Å². The molecule has 0 unspecified atom stereocenters. The maximum absolute atomic E-state index is 14.9. The second-order valence-electron chi connectivity index (χ2n) is 18.1. The summed E-state index contributed by atoms with van der Waals surface area (Å²) in [7, 11) is -2.31. The molecule has 3 aliphatic carbocycles. The quantitative estimate of drug-likeness (QED) is 0.225. The predicted octanol–water partition coefficient (Wildman–Crippen LogP) is 6.30. The number of Topliss-reactive ketones (excluding diaryl/α,β-unsaturated/α-hetero) is 1. The zero-order valence-corrected chi connectivity index (χ0v) is 34.6. The third-order valence-electron chi connectivity index (χ3n) is 13.9. The molecule has 1 N–H and O–H groups in total. The van der Waals surface area contributed by atoms with Crippen molar-refractivity contribution in [3.63, 3.8) is 0 Å². The van der Waals surface area contributed by atoms with Crippen LogP contribution in [0.1, 0.15) is 122 Å². The summed E-state index contributed by atoms with van der Waals surface area (Å²) in [5.41, 5.74) is 0.497. The van der Waals surface area contributed by atoms with E-state index in [4.69, 9.17) is 19.2 Å². The number of pyridine rings is 1. The van der Waals surface area contributed by atoms with Crippen LogP contribution in [0, 0.1) is 23.2 Å². The summed E-state index contributed by atoms with van der Waals surface area (Å²) >= 11 is 0. The number of ether oxygens (including phenoxy) is 3. The van der Waals surface area contributed by atoms with Gasteiger partial charge in [0, 0.05) is 29.7 Å². The van der Waals surface area contributed by atoms with Crippen LogP contribution >= 0.6 is 0 Å². The molecule has 1 aromatic heterocycles. The van der Waals surface area contributed by atoms with Crippen LogP contribution in [0.25, 0.3) is 10.9 Å². The Morgan fingerprint density at radius 2 is 1.88 bits per heavy atom. The van der Waals surface area contributed by atoms with Crippen LogP contribution in [0.15, 0.2) is 30.4 Å². The number of hydrogen-bond donors (Lipinski definition) is 1. The zero-order valence-electron chi connectivity index (χ0n) is 33.8. The van der Waals surface area contributed by atoms with E-state index >= 15 is 0 Å². The lowest BCUT2D eigenvalue weighted by molar-refractivity contribution is -0.154. The van der Waals surface area contributed by atoms with Gasteiger partial charge in [-0.15, -0.1) is 0 Å². The van der Waals surface area contributed by atoms with Gasteiger partial charge in [-0.25, -0.2) is 13.4 Å². The van der Waals surface area contributed by atoms with E-state index in [0.29, 0.717) is 62.4 Å². The monoisotopic (exact) mass is 803 g/mol. The number of sulfonamides is 1. The number of aromatic nitrogens is 1. The summed E-state index contributed by atoms with van der Waals surface area (Å²) < 4.78 is 46.4. The number of fused-ring (bicyclic) bond motifs is 5. The first kappa shape index (κ1) is 39.8. The molecule has 3 aliphatic heterocycles. The standard InChI is InChI=1S/C44H57N3O9S/c1-5-34-39-32(33-22-31(54-4)15-16-35(33)45-34)17-18-43(56-39)24-36-37(48)25-44(41(51)46-57(52,53)42(3)19-20-42)23-30(44)12-10-8-6-7-9-11-29(40(50)47(36)26-43)21-38(49)55-27(2)28-13-14-28/h10,12,15-16,22,27-30,36H,5-9,11,13-14,17-21,23-26H2,1-4H3,(H,46,51)/b12-10-/t27-,29+,30+,36-,43+,44+/m0/s1. The van der Waals surface area contributed by atoms with Crippen LogP contribution < -0.4 is 14.2 Å². The van der Waals surface area contributed by atoms with Crippen LogP contribution in [-0.4, -0.2) is 78.0 Å². The van der Waals surface area contributed by atoms with Crippen LogP contribution in [0.2, 0.25) is 0 Å². The van der Waals surface area contributed by atoms with Crippen molar-refractivity contribution in [3.8, 4) is 11.5 Å². The van der Waals surface area contributed by atoms with Gasteiger partial charge in [-0.05, 0) is 115 Å². The number of rotatable bonds is 9. The van der Waals surface area contributed by atoms with E-state index in [1.54, 1.807) is 18.9 Å². The number of ketones is 1. The van der Waals surface area contributed by atoms with Crippen molar-refractivity contribution in [1.29, 1.82) is 0 Å². The average Bonchev–Trinajstić information content (AvgIpc) is 4.11. The van der Waals surface area contributed by atoms with Gasteiger partial charge in [0.2, 0.25) is 21.8 Å². The number of aryl methyl sites for hydroxylation is 2. The minimum Gasteiger partial charge on any atom is -0.497 e. The number of allylic oxidation sites excluding steroid dienone is 2. The number of methoxy groups -OCH3 is 1. The van der Waals surface area contributed by atoms with Crippen molar-refractivity contribution >= 4 is 44.5 Å². The van der Waals surface area contributed by atoms with E-state index in [0.717, 1.165) is 60.7 Å². The fourth-order valence-corrected chi connectivity index (χ4v) is 10.9. The number of esters is 1. The van der Waals surface area contributed by atoms with Crippen molar-refractivity contribution in [2.24, 2.45) is 23.2 Å². The van der Waals surface area contributed by atoms with Gasteiger partial charge in [0.25, 0.3) is 0 Å². The molecule has 8 rings (SSSR count). The van der Waals surface area contributed by atoms with E-state index in [1.165, 1.54) is 0 Å². The fraction of sp³-hybridized carbons (Fsp3) is 0.659. The third kappa shape index (κ3) is 7.69. The van der Waals surface area contributed by atoms with Gasteiger partial charge in [0.05, 0.1) is 47.5 Å². The molecule has 4 heterocycles. The molecule has 4 fully saturated rings. The minimum absolute atomic E-state index is 0.0767. The fourth-order valence-electron chi connectivity index (χ4n) is 9.53. The number of carbonyl (C=O) groups is 4. The number of amides is 2. The van der Waals surface area contributed by atoms with Crippen molar-refractivity contribution in [3.05, 3.63) is 41.6 Å². The van der Waals surface area contributed by atoms with E-state index in [-0.39, 0.29) is 49.5 Å². The summed E-state index contributed by atoms with van der Waals surface area (Å²) in [5, 5.41) is 0.936. The van der Waals surface area contributed by atoms with Crippen molar-refractivity contribution in [1.82, 2.24) is 14.6 Å². The number of nitrogens with one attached hydrogen (secondary N) is 1. The predicted molar refractivity (Wildman–Crippen MR) is 213 cm³/mol. The second-order valence-corrected chi connectivity index (χ2v) is 20.3. The van der Waals surface area contributed by atoms with Crippen LogP contribution in [0.5, 0.6) is 11.5 Å². The van der Waals surface area contributed by atoms with E-state index in [9.17, 15) is 27.6 Å². The Balaban J connectivity index is 1.13. The number of hydrogen-bond acceptors (Lipinski definition) is 10. The average molecular weight is 804 g/mol. The summed E-state index contributed by atoms with van der Waals surface area (Å²) in [6, 6.07) is 4.87. The molecule has 0 bridgehead atoms. The van der Waals surface area contributed by atoms with E-state index in [2.05, 4.69) is 4.72 Å². The second kappa shape index (κ2) is 15.0. The van der Waals surface area contributed by atoms with Gasteiger partial charge in [-0.3, -0.25) is 23.9 Å². The maximum Gasteiger partial charge on any atom is 0.306 e. The zero-order chi connectivity index (χ0) is 40.3. The number of benzene rings is 1. The SMILES string of the molecule is CCc1nc2ccc(OC)cc2c2c1O[C@]1(CC2)C[C@H]2C(=O)C[C@]3(C(=O)NS(=O)(=O)C4(C)CC4)C[C@H]3/C=C\CCCCC[C@H](CC(=O)O[C@@H](C)C3CC3)C(=O)N2C1. The molecule has 2 amide bonds. The Morgan fingerprint density at radius 3 is 2.60 bits per heavy atom. The normalized spacial score (nSPS) is 30.8. The van der Waals surface area contributed by atoms with Crippen molar-refractivity contribution in [2.75, 3.05) is 13.7 Å². The summed E-state index contributed by atoms with van der Waals surface area (Å²) in [6.45, 7) is 5.70. The Bertz CT molecular complexity index is 2110. The lowest BCUT2D eigenvalue weighted by atomic mass is 9.85. The van der Waals surface area contributed by atoms with Gasteiger partial charge in [0.1, 0.15) is 23.2 Å². The smallest absolute Gasteiger partial charge is 0.306 e. The van der Waals surface area contributed by atoms with Crippen molar-refractivity contribution in [2.45, 2.75) is 146 Å². The maximum atomic E-state index is 14.9. The first-order chi connectivity index (χ1) is 27.2. The summed E-state index contributed by atoms with van der Waals surface area (Å²) in [5.74, 6) is -0.892. The van der Waals surface area contributed by atoms with Crippen molar-refractivity contribution < 1.29 is 41.8 Å². The molecule has 1 spiro atoms. The molecule has 6 atom stereocenters. The molecule has 13 heteroatoms. The van der Waals surface area contributed by atoms with Crippen LogP contribution in [0.3, 0.4) is 0 Å². The van der Waals surface area contributed by atoms with Crippen LogP contribution in [-0.2, 0) is 46.8 Å². The molecule has 12 nitrogen and oxygen atoms in total. The Hall–Kier alpha value is -4.00. The molecule has 1 aromatic carbocycles. The molecule has 1 saturated heterocycles. The lowest BCUT2D eigenvalue weighted by Gasteiger charge is -2.37. The highest BCUT2D eigenvalue weighted by molar-refractivity contribution is 7.91. The molecular weight excluding hydrogens is 747 g/mol. The molecule has 0 radical (unpaired) electrons. The Labute approximate surface area is 335 Å². The highest BCUT2D eigenvalue weighted by Crippen LogP contribution is 2.58. The van der Waals surface area contributed by atoms with Gasteiger partial charge in [-0.1, -0.05) is 31.9 Å². The minimum atomic E-state index is -3.94. The number of nitrogens with zero attached hydrogens (tertiary/aromatic N) is 2. The molecule has 57 heavy (non-hydrogen) atoms. The van der Waals surface area contributed by atoms with E-state index < -0.39 is 49.6 Å². The highest BCUT2D eigenvalue weighted by atomic mass is 32.2. The van der Waals surface area contributed by atoms with Crippen LogP contribution in [0.4, 0.5) is 0 Å². The summed E-state index contributed by atoms with van der Waals surface area (Å²) in [4.78, 5) is 63.9. The lowest BCUT2D eigenvalue weighted by Crippen LogP contribution is -2.48. The van der Waals surface area contributed by atoms with Gasteiger partial charge in [0.15, 0.2) is 5.78 Å². The Kier molecular flexibility index (Phi) is 10.5. The Morgan fingerprint density at radius 1 is 1.09 bits per heavy atom. The van der Waals surface area contributed by atoms with E-state index in [1.807, 2.05) is 44.2 Å². The summed E-state index contributed by atoms with van der Waals surface area (Å²) in [6.07, 6.45) is 12.5. The molecule has 2 aromatic rings.